The molecule has 0 spiro atoms. The van der Waals surface area contributed by atoms with Crippen molar-refractivity contribution >= 4 is 18.0 Å². The van der Waals surface area contributed by atoms with Crippen LogP contribution in [0.15, 0.2) is 12.2 Å². The van der Waals surface area contributed by atoms with E-state index in [-0.39, 0.29) is 18.6 Å². The summed E-state index contributed by atoms with van der Waals surface area (Å²) in [6.45, 7) is 10.4. The van der Waals surface area contributed by atoms with Crippen molar-refractivity contribution in [1.82, 2.24) is 4.90 Å². The second-order valence-electron chi connectivity index (χ2n) is 5.23. The molecule has 1 aliphatic rings. The van der Waals surface area contributed by atoms with Crippen LogP contribution in [-0.2, 0) is 19.1 Å². The number of amides is 2. The Balaban J connectivity index is 2.92. The zero-order valence-corrected chi connectivity index (χ0v) is 11.7. The molecule has 0 aromatic carbocycles. The summed E-state index contributed by atoms with van der Waals surface area (Å²) in [4.78, 5) is 36.4. The molecule has 1 unspecified atom stereocenters. The number of hydrogen-bond donors (Lipinski definition) is 0. The van der Waals surface area contributed by atoms with E-state index in [2.05, 4.69) is 6.58 Å². The number of carbonyl (C=O) groups excluding carboxylic acids is 3. The maximum Gasteiger partial charge on any atom is 0.418 e. The van der Waals surface area contributed by atoms with Gasteiger partial charge in [-0.2, -0.15) is 0 Å². The van der Waals surface area contributed by atoms with Gasteiger partial charge in [-0.15, -0.1) is 0 Å². The highest BCUT2D eigenvalue weighted by Gasteiger charge is 2.45. The lowest BCUT2D eigenvalue weighted by Crippen LogP contribution is -2.46. The molecule has 0 aliphatic carbocycles. The SMILES string of the molecule is C=C1CC(C(=O)OCC)N(C(=O)OC(C)(C)C)C1=O. The van der Waals surface area contributed by atoms with Crippen LogP contribution >= 0.6 is 0 Å². The molecule has 1 rings (SSSR count). The Morgan fingerprint density at radius 2 is 2.00 bits per heavy atom. The molecule has 1 heterocycles. The lowest BCUT2D eigenvalue weighted by Gasteiger charge is -2.26. The standard InChI is InChI=1S/C13H19NO5/c1-6-18-11(16)9-7-8(2)10(15)14(9)12(17)19-13(3,4)5/h9H,2,6-7H2,1,3-5H3. The van der Waals surface area contributed by atoms with Crippen LogP contribution in [0.3, 0.4) is 0 Å². The van der Waals surface area contributed by atoms with Crippen LogP contribution in [0.4, 0.5) is 4.79 Å². The van der Waals surface area contributed by atoms with Gasteiger partial charge in [-0.25, -0.2) is 14.5 Å². The third-order valence-corrected chi connectivity index (χ3v) is 2.42. The highest BCUT2D eigenvalue weighted by molar-refractivity contribution is 6.08. The second kappa shape index (κ2) is 5.42. The lowest BCUT2D eigenvalue weighted by atomic mass is 10.2. The van der Waals surface area contributed by atoms with Gasteiger partial charge in [-0.1, -0.05) is 6.58 Å². The molecule has 0 aromatic rings. The van der Waals surface area contributed by atoms with Crippen LogP contribution in [-0.4, -0.2) is 41.1 Å². The van der Waals surface area contributed by atoms with Gasteiger partial charge < -0.3 is 9.47 Å². The van der Waals surface area contributed by atoms with Gasteiger partial charge in [0, 0.05) is 12.0 Å². The van der Waals surface area contributed by atoms with Gasteiger partial charge in [0.25, 0.3) is 5.91 Å². The fourth-order valence-electron chi connectivity index (χ4n) is 1.67. The predicted octanol–water partition coefficient (Wildman–Crippen LogP) is 1.64. The van der Waals surface area contributed by atoms with E-state index in [0.29, 0.717) is 0 Å². The summed E-state index contributed by atoms with van der Waals surface area (Å²) in [6, 6.07) is -0.977. The zero-order valence-electron chi connectivity index (χ0n) is 11.7. The Morgan fingerprint density at radius 3 is 2.47 bits per heavy atom. The molecule has 6 heteroatoms. The number of imide groups is 1. The average Bonchev–Trinajstić information content (AvgIpc) is 2.53. The summed E-state index contributed by atoms with van der Waals surface area (Å²) in [7, 11) is 0. The van der Waals surface area contributed by atoms with Crippen LogP contribution in [0.5, 0.6) is 0 Å². The fraction of sp³-hybridized carbons (Fsp3) is 0.615. The van der Waals surface area contributed by atoms with E-state index in [0.717, 1.165) is 4.90 Å². The Kier molecular flexibility index (Phi) is 4.34. The van der Waals surface area contributed by atoms with Gasteiger partial charge in [0.15, 0.2) is 0 Å². The van der Waals surface area contributed by atoms with Gasteiger partial charge in [-0.3, -0.25) is 4.79 Å². The summed E-state index contributed by atoms with van der Waals surface area (Å²) in [6.07, 6.45) is -0.772. The van der Waals surface area contributed by atoms with Gasteiger partial charge in [0.05, 0.1) is 6.61 Å². The summed E-state index contributed by atoms with van der Waals surface area (Å²) in [5, 5.41) is 0. The first-order chi connectivity index (χ1) is 8.67. The number of nitrogens with zero attached hydrogens (tertiary/aromatic N) is 1. The molecule has 106 valence electrons. The van der Waals surface area contributed by atoms with Crippen molar-refractivity contribution in [3.63, 3.8) is 0 Å². The topological polar surface area (TPSA) is 72.9 Å². The number of carbonyl (C=O) groups is 3. The Morgan fingerprint density at radius 1 is 1.42 bits per heavy atom. The number of esters is 1. The van der Waals surface area contributed by atoms with Crippen LogP contribution in [0.1, 0.15) is 34.1 Å². The first-order valence-electron chi connectivity index (χ1n) is 6.08. The predicted molar refractivity (Wildman–Crippen MR) is 67.3 cm³/mol. The fourth-order valence-corrected chi connectivity index (χ4v) is 1.67. The molecule has 2 amide bonds. The maximum atomic E-state index is 12.0. The number of hydrogen-bond acceptors (Lipinski definition) is 5. The second-order valence-corrected chi connectivity index (χ2v) is 5.23. The van der Waals surface area contributed by atoms with Gasteiger partial charge in [-0.05, 0) is 27.7 Å². The first kappa shape index (κ1) is 15.2. The largest absolute Gasteiger partial charge is 0.464 e. The van der Waals surface area contributed by atoms with Gasteiger partial charge in [0.1, 0.15) is 11.6 Å². The van der Waals surface area contributed by atoms with Crippen molar-refractivity contribution in [2.45, 2.75) is 45.8 Å². The van der Waals surface area contributed by atoms with E-state index in [1.807, 2.05) is 0 Å². The minimum absolute atomic E-state index is 0.0803. The van der Waals surface area contributed by atoms with E-state index < -0.39 is 29.6 Å². The third kappa shape index (κ3) is 3.56. The van der Waals surface area contributed by atoms with E-state index in [1.165, 1.54) is 0 Å². The van der Waals surface area contributed by atoms with E-state index >= 15 is 0 Å². The molecule has 0 radical (unpaired) electrons. The van der Waals surface area contributed by atoms with E-state index in [9.17, 15) is 14.4 Å². The zero-order chi connectivity index (χ0) is 14.8. The quantitative estimate of drug-likeness (QED) is 0.563. The first-order valence-corrected chi connectivity index (χ1v) is 6.08. The van der Waals surface area contributed by atoms with Crippen molar-refractivity contribution in [3.05, 3.63) is 12.2 Å². The summed E-state index contributed by atoms with van der Waals surface area (Å²) in [5.74, 6) is -1.22. The van der Waals surface area contributed by atoms with E-state index in [1.54, 1.807) is 27.7 Å². The number of rotatable bonds is 2. The highest BCUT2D eigenvalue weighted by Crippen LogP contribution is 2.26. The van der Waals surface area contributed by atoms with Crippen molar-refractivity contribution in [2.24, 2.45) is 0 Å². The third-order valence-electron chi connectivity index (χ3n) is 2.42. The molecule has 0 saturated carbocycles. The molecule has 0 N–H and O–H groups in total. The van der Waals surface area contributed by atoms with Gasteiger partial charge in [0.2, 0.25) is 0 Å². The lowest BCUT2D eigenvalue weighted by molar-refractivity contribution is -0.150. The Bertz CT molecular complexity index is 421. The van der Waals surface area contributed by atoms with Crippen molar-refractivity contribution in [2.75, 3.05) is 6.61 Å². The molecule has 1 saturated heterocycles. The minimum atomic E-state index is -0.977. The smallest absolute Gasteiger partial charge is 0.418 e. The Hall–Kier alpha value is -1.85. The molecule has 0 aromatic heterocycles. The normalized spacial score (nSPS) is 19.6. The highest BCUT2D eigenvalue weighted by atomic mass is 16.6. The molecule has 1 aliphatic heterocycles. The van der Waals surface area contributed by atoms with Crippen LogP contribution in [0.25, 0.3) is 0 Å². The van der Waals surface area contributed by atoms with Crippen molar-refractivity contribution in [1.29, 1.82) is 0 Å². The molecular weight excluding hydrogens is 250 g/mol. The number of likely N-dealkylation sites (tertiary alicyclic amines) is 1. The molecular formula is C13H19NO5. The van der Waals surface area contributed by atoms with Crippen LogP contribution in [0, 0.1) is 0 Å². The average molecular weight is 269 g/mol. The molecule has 1 atom stereocenters. The van der Waals surface area contributed by atoms with E-state index in [4.69, 9.17) is 9.47 Å². The summed E-state index contributed by atoms with van der Waals surface area (Å²) < 4.78 is 9.97. The number of ether oxygens (including phenoxy) is 2. The van der Waals surface area contributed by atoms with Gasteiger partial charge >= 0.3 is 12.1 Å². The molecule has 19 heavy (non-hydrogen) atoms. The maximum absolute atomic E-state index is 12.0. The van der Waals surface area contributed by atoms with Crippen molar-refractivity contribution in [3.8, 4) is 0 Å². The summed E-state index contributed by atoms with van der Waals surface area (Å²) in [5.41, 5.74) is -0.551. The molecule has 1 fully saturated rings. The molecule has 0 bridgehead atoms. The van der Waals surface area contributed by atoms with Crippen LogP contribution in [0.2, 0.25) is 0 Å². The van der Waals surface area contributed by atoms with Crippen LogP contribution < -0.4 is 0 Å². The summed E-state index contributed by atoms with van der Waals surface area (Å²) >= 11 is 0. The van der Waals surface area contributed by atoms with Crippen molar-refractivity contribution < 1.29 is 23.9 Å². The monoisotopic (exact) mass is 269 g/mol. The Labute approximate surface area is 112 Å². The minimum Gasteiger partial charge on any atom is -0.464 e. The molecule has 6 nitrogen and oxygen atoms in total.